The van der Waals surface area contributed by atoms with Gasteiger partial charge in [-0.25, -0.2) is 4.39 Å². The first-order valence-electron chi connectivity index (χ1n) is 7.76. The highest BCUT2D eigenvalue weighted by Gasteiger charge is 2.25. The number of halogens is 1. The highest BCUT2D eigenvalue weighted by Crippen LogP contribution is 2.21. The molecule has 0 aliphatic carbocycles. The molecule has 2 atom stereocenters. The largest absolute Gasteiger partial charge is 0.492 e. The Bertz CT molecular complexity index is 696. The Hall–Kier alpha value is -2.39. The average molecular weight is 309 g/mol. The summed E-state index contributed by atoms with van der Waals surface area (Å²) in [5.74, 6) is 0.612. The lowest BCUT2D eigenvalue weighted by atomic mass is 10.1. The maximum absolute atomic E-state index is 13.7. The minimum Gasteiger partial charge on any atom is -0.492 e. The van der Waals surface area contributed by atoms with E-state index in [1.807, 2.05) is 36.4 Å². The van der Waals surface area contributed by atoms with Gasteiger partial charge in [-0.1, -0.05) is 54.6 Å². The van der Waals surface area contributed by atoms with E-state index in [1.54, 1.807) is 12.1 Å². The number of hydrogen-bond acceptors (Lipinski definition) is 2. The van der Waals surface area contributed by atoms with Gasteiger partial charge < -0.3 is 4.74 Å². The van der Waals surface area contributed by atoms with Crippen LogP contribution in [0.3, 0.4) is 0 Å². The van der Waals surface area contributed by atoms with Crippen LogP contribution in [-0.2, 0) is 17.8 Å². The van der Waals surface area contributed by atoms with Crippen molar-refractivity contribution in [3.63, 3.8) is 0 Å². The summed E-state index contributed by atoms with van der Waals surface area (Å²) in [4.78, 5) is 0. The summed E-state index contributed by atoms with van der Waals surface area (Å²) in [6.45, 7) is 4.06. The number of benzene rings is 2. The molecule has 2 nitrogen and oxygen atoms in total. The Balaban J connectivity index is 1.69. The van der Waals surface area contributed by atoms with Crippen LogP contribution >= 0.6 is 0 Å². The van der Waals surface area contributed by atoms with Crippen molar-refractivity contribution in [2.45, 2.75) is 25.1 Å². The Morgan fingerprint density at radius 3 is 2.57 bits per heavy atom. The van der Waals surface area contributed by atoms with Gasteiger partial charge in [-0.15, -0.1) is 6.58 Å². The van der Waals surface area contributed by atoms with Crippen LogP contribution in [0.15, 0.2) is 79.1 Å². The van der Waals surface area contributed by atoms with E-state index in [0.29, 0.717) is 5.56 Å². The van der Waals surface area contributed by atoms with Gasteiger partial charge >= 0.3 is 0 Å². The maximum Gasteiger partial charge on any atom is 0.129 e. The molecule has 1 N–H and O–H groups in total. The Kier molecular flexibility index (Phi) is 4.89. The van der Waals surface area contributed by atoms with Crippen LogP contribution in [0, 0.1) is 5.82 Å². The van der Waals surface area contributed by atoms with Crippen LogP contribution < -0.4 is 5.32 Å². The second-order valence-electron chi connectivity index (χ2n) is 5.62. The van der Waals surface area contributed by atoms with Gasteiger partial charge in [-0.3, -0.25) is 5.32 Å². The first kappa shape index (κ1) is 15.5. The van der Waals surface area contributed by atoms with Crippen molar-refractivity contribution in [1.82, 2.24) is 5.32 Å². The quantitative estimate of drug-likeness (QED) is 0.815. The van der Waals surface area contributed by atoms with Crippen molar-refractivity contribution in [3.05, 3.63) is 96.0 Å². The molecule has 0 fully saturated rings. The molecule has 0 amide bonds. The molecule has 118 valence electrons. The van der Waals surface area contributed by atoms with E-state index in [9.17, 15) is 4.39 Å². The van der Waals surface area contributed by atoms with Crippen LogP contribution in [0.2, 0.25) is 0 Å². The molecule has 1 heterocycles. The summed E-state index contributed by atoms with van der Waals surface area (Å²) in [6, 6.07) is 17.1. The SMILES string of the molecule is C=CC1C=C(OCc2ccccc2F)[C@H](Cc2ccccc2)N1. The Morgan fingerprint density at radius 1 is 1.09 bits per heavy atom. The highest BCUT2D eigenvalue weighted by molar-refractivity contribution is 5.26. The van der Waals surface area contributed by atoms with Gasteiger partial charge in [0.1, 0.15) is 18.2 Å². The zero-order valence-corrected chi connectivity index (χ0v) is 12.9. The number of hydrogen-bond donors (Lipinski definition) is 1. The fourth-order valence-corrected chi connectivity index (χ4v) is 2.73. The summed E-state index contributed by atoms with van der Waals surface area (Å²) in [5, 5.41) is 3.46. The van der Waals surface area contributed by atoms with Crippen molar-refractivity contribution < 1.29 is 9.13 Å². The molecule has 3 rings (SSSR count). The highest BCUT2D eigenvalue weighted by atomic mass is 19.1. The minimum absolute atomic E-state index is 0.0761. The zero-order chi connectivity index (χ0) is 16.1. The van der Waals surface area contributed by atoms with Gasteiger partial charge in [0.15, 0.2) is 0 Å². The first-order valence-corrected chi connectivity index (χ1v) is 7.76. The van der Waals surface area contributed by atoms with Crippen LogP contribution in [-0.4, -0.2) is 12.1 Å². The third kappa shape index (κ3) is 3.88. The Morgan fingerprint density at radius 2 is 1.83 bits per heavy atom. The van der Waals surface area contributed by atoms with Crippen molar-refractivity contribution in [2.75, 3.05) is 0 Å². The molecule has 0 aromatic heterocycles. The van der Waals surface area contributed by atoms with Crippen molar-refractivity contribution in [3.8, 4) is 0 Å². The van der Waals surface area contributed by atoms with Crippen molar-refractivity contribution >= 4 is 0 Å². The van der Waals surface area contributed by atoms with Gasteiger partial charge in [-0.2, -0.15) is 0 Å². The minimum atomic E-state index is -0.237. The molecule has 0 bridgehead atoms. The topological polar surface area (TPSA) is 21.3 Å². The Labute approximate surface area is 136 Å². The van der Waals surface area contributed by atoms with E-state index in [0.717, 1.165) is 12.2 Å². The lowest BCUT2D eigenvalue weighted by molar-refractivity contribution is 0.177. The fraction of sp³-hybridized carbons (Fsp3) is 0.200. The molecule has 2 aromatic carbocycles. The molecule has 0 saturated carbocycles. The normalized spacial score (nSPS) is 20.1. The molecule has 0 saturated heterocycles. The second-order valence-corrected chi connectivity index (χ2v) is 5.62. The average Bonchev–Trinajstić information content (AvgIpc) is 2.97. The van der Waals surface area contributed by atoms with E-state index in [1.165, 1.54) is 11.6 Å². The van der Waals surface area contributed by atoms with E-state index >= 15 is 0 Å². The van der Waals surface area contributed by atoms with Gasteiger partial charge in [0, 0.05) is 11.6 Å². The fourth-order valence-electron chi connectivity index (χ4n) is 2.73. The van der Waals surface area contributed by atoms with Crippen LogP contribution in [0.25, 0.3) is 0 Å². The van der Waals surface area contributed by atoms with E-state index in [2.05, 4.69) is 24.0 Å². The van der Waals surface area contributed by atoms with Crippen molar-refractivity contribution in [2.24, 2.45) is 0 Å². The molecule has 23 heavy (non-hydrogen) atoms. The molecule has 1 aliphatic rings. The number of ether oxygens (including phenoxy) is 1. The van der Waals surface area contributed by atoms with Crippen molar-refractivity contribution in [1.29, 1.82) is 0 Å². The van der Waals surface area contributed by atoms with Gasteiger partial charge in [0.2, 0.25) is 0 Å². The third-order valence-electron chi connectivity index (χ3n) is 3.97. The second kappa shape index (κ2) is 7.25. The number of nitrogens with one attached hydrogen (secondary N) is 1. The van der Waals surface area contributed by atoms with Gasteiger partial charge in [-0.05, 0) is 24.1 Å². The lowest BCUT2D eigenvalue weighted by Crippen LogP contribution is -2.32. The lowest BCUT2D eigenvalue weighted by Gasteiger charge is -2.18. The number of rotatable bonds is 6. The van der Waals surface area contributed by atoms with E-state index < -0.39 is 0 Å². The first-order chi connectivity index (χ1) is 11.3. The van der Waals surface area contributed by atoms with Crippen LogP contribution in [0.4, 0.5) is 4.39 Å². The standard InChI is InChI=1S/C20H20FNO/c1-2-17-13-20(23-14-16-10-6-7-11-18(16)21)19(22-17)12-15-8-4-3-5-9-15/h2-11,13,17,19,22H,1,12,14H2/t17?,19-/m0/s1. The van der Waals surface area contributed by atoms with Crippen LogP contribution in [0.1, 0.15) is 11.1 Å². The zero-order valence-electron chi connectivity index (χ0n) is 12.9. The van der Waals surface area contributed by atoms with Gasteiger partial charge in [0.25, 0.3) is 0 Å². The van der Waals surface area contributed by atoms with E-state index in [-0.39, 0.29) is 24.5 Å². The monoisotopic (exact) mass is 309 g/mol. The summed E-state index contributed by atoms with van der Waals surface area (Å²) >= 11 is 0. The molecular formula is C20H20FNO. The molecule has 2 aromatic rings. The summed E-state index contributed by atoms with van der Waals surface area (Å²) < 4.78 is 19.6. The molecule has 1 unspecified atom stereocenters. The summed E-state index contributed by atoms with van der Waals surface area (Å²) in [7, 11) is 0. The summed E-state index contributed by atoms with van der Waals surface area (Å²) in [6.07, 6.45) is 4.69. The van der Waals surface area contributed by atoms with E-state index in [4.69, 9.17) is 4.74 Å². The predicted molar refractivity (Wildman–Crippen MR) is 90.3 cm³/mol. The molecule has 0 radical (unpaired) electrons. The third-order valence-corrected chi connectivity index (χ3v) is 3.97. The molecule has 0 spiro atoms. The predicted octanol–water partition coefficient (Wildman–Crippen LogP) is 4.00. The smallest absolute Gasteiger partial charge is 0.129 e. The maximum atomic E-state index is 13.7. The van der Waals surface area contributed by atoms with Crippen LogP contribution in [0.5, 0.6) is 0 Å². The molecule has 1 aliphatic heterocycles. The molecular weight excluding hydrogens is 289 g/mol. The molecule has 3 heteroatoms. The summed E-state index contributed by atoms with van der Waals surface area (Å²) in [5.41, 5.74) is 1.80. The van der Waals surface area contributed by atoms with Gasteiger partial charge in [0.05, 0.1) is 6.04 Å².